The molecule has 0 aliphatic carbocycles. The Balaban J connectivity index is 1.77. The van der Waals surface area contributed by atoms with Gasteiger partial charge in [-0.05, 0) is 31.5 Å². The molecule has 0 bridgehead atoms. The lowest BCUT2D eigenvalue weighted by Gasteiger charge is -2.36. The molecule has 0 saturated carbocycles. The molecule has 2 amide bonds. The van der Waals surface area contributed by atoms with E-state index in [9.17, 15) is 9.59 Å². The van der Waals surface area contributed by atoms with E-state index in [0.29, 0.717) is 44.4 Å². The van der Waals surface area contributed by atoms with Crippen LogP contribution in [0.25, 0.3) is 0 Å². The molecule has 1 atom stereocenters. The Hall–Kier alpha value is -1.79. The predicted octanol–water partition coefficient (Wildman–Crippen LogP) is 2.12. The minimum Gasteiger partial charge on any atom is -0.450 e. The highest BCUT2D eigenvalue weighted by atomic mass is 35.5. The van der Waals surface area contributed by atoms with Crippen LogP contribution >= 0.6 is 11.6 Å². The summed E-state index contributed by atoms with van der Waals surface area (Å²) in [5.74, 6) is -0.0189. The lowest BCUT2D eigenvalue weighted by molar-refractivity contribution is -0.126. The first-order valence-electron chi connectivity index (χ1n) is 8.19. The Morgan fingerprint density at radius 3 is 2.42 bits per heavy atom. The number of rotatable bonds is 5. The molecule has 2 rings (SSSR count). The van der Waals surface area contributed by atoms with Crippen LogP contribution in [0.2, 0.25) is 5.02 Å². The van der Waals surface area contributed by atoms with Crippen molar-refractivity contribution in [2.45, 2.75) is 26.4 Å². The van der Waals surface area contributed by atoms with Crippen molar-refractivity contribution < 1.29 is 14.3 Å². The van der Waals surface area contributed by atoms with Gasteiger partial charge in [0.05, 0.1) is 12.6 Å². The summed E-state index contributed by atoms with van der Waals surface area (Å²) >= 11 is 5.85. The van der Waals surface area contributed by atoms with Gasteiger partial charge in [0.1, 0.15) is 0 Å². The third kappa shape index (κ3) is 5.11. The minimum absolute atomic E-state index is 0.0189. The number of hydrogen-bond donors (Lipinski definition) is 1. The maximum absolute atomic E-state index is 12.3. The van der Waals surface area contributed by atoms with Crippen LogP contribution in [0.3, 0.4) is 0 Å². The molecule has 0 radical (unpaired) electrons. The molecule has 1 heterocycles. The predicted molar refractivity (Wildman–Crippen MR) is 92.9 cm³/mol. The molecule has 132 valence electrons. The molecule has 1 aliphatic rings. The van der Waals surface area contributed by atoms with E-state index in [2.05, 4.69) is 10.2 Å². The molecule has 1 aromatic carbocycles. The number of carbonyl (C=O) groups is 2. The molecule has 1 saturated heterocycles. The summed E-state index contributed by atoms with van der Waals surface area (Å²) in [6.45, 7) is 7.01. The average molecular weight is 354 g/mol. The van der Waals surface area contributed by atoms with Crippen molar-refractivity contribution in [3.63, 3.8) is 0 Å². The Morgan fingerprint density at radius 1 is 1.21 bits per heavy atom. The Kier molecular flexibility index (Phi) is 6.87. The molecule has 24 heavy (non-hydrogen) atoms. The minimum atomic E-state index is -0.281. The number of hydrogen-bond acceptors (Lipinski definition) is 4. The zero-order chi connectivity index (χ0) is 17.5. The van der Waals surface area contributed by atoms with E-state index in [1.807, 2.05) is 19.1 Å². The van der Waals surface area contributed by atoms with E-state index < -0.39 is 0 Å². The van der Waals surface area contributed by atoms with Gasteiger partial charge in [-0.25, -0.2) is 4.79 Å². The second-order valence-electron chi connectivity index (χ2n) is 5.74. The van der Waals surface area contributed by atoms with Crippen LogP contribution in [0.1, 0.15) is 19.4 Å². The summed E-state index contributed by atoms with van der Waals surface area (Å²) < 4.78 is 5.00. The van der Waals surface area contributed by atoms with Gasteiger partial charge in [0.15, 0.2) is 0 Å². The number of ether oxygens (including phenoxy) is 1. The summed E-state index contributed by atoms with van der Waals surface area (Å²) in [5, 5.41) is 3.62. The van der Waals surface area contributed by atoms with Gasteiger partial charge in [-0.3, -0.25) is 9.69 Å². The molecular formula is C17H24ClN3O3. The van der Waals surface area contributed by atoms with E-state index in [1.165, 1.54) is 0 Å². The highest BCUT2D eigenvalue weighted by molar-refractivity contribution is 6.30. The van der Waals surface area contributed by atoms with Gasteiger partial charge in [-0.2, -0.15) is 0 Å². The molecule has 6 nitrogen and oxygen atoms in total. The molecule has 0 spiro atoms. The standard InChI is InChI=1S/C17H24ClN3O3/c1-3-24-17(23)21-10-8-20(9-11-21)13(2)16(22)19-12-14-4-6-15(18)7-5-14/h4-7,13H,3,8-12H2,1-2H3,(H,19,22). The largest absolute Gasteiger partial charge is 0.450 e. The van der Waals surface area contributed by atoms with Gasteiger partial charge in [0.2, 0.25) is 5.91 Å². The fourth-order valence-corrected chi connectivity index (χ4v) is 2.74. The fourth-order valence-electron chi connectivity index (χ4n) is 2.61. The number of halogens is 1. The number of nitrogens with one attached hydrogen (secondary N) is 1. The molecule has 7 heteroatoms. The zero-order valence-electron chi connectivity index (χ0n) is 14.1. The van der Waals surface area contributed by atoms with E-state index in [0.717, 1.165) is 5.56 Å². The van der Waals surface area contributed by atoms with Gasteiger partial charge in [-0.1, -0.05) is 23.7 Å². The average Bonchev–Trinajstić information content (AvgIpc) is 2.60. The van der Waals surface area contributed by atoms with Crippen LogP contribution in [-0.4, -0.2) is 60.6 Å². The van der Waals surface area contributed by atoms with Crippen LogP contribution in [0.4, 0.5) is 4.79 Å². The SMILES string of the molecule is CCOC(=O)N1CCN(C(C)C(=O)NCc2ccc(Cl)cc2)CC1. The topological polar surface area (TPSA) is 61.9 Å². The third-order valence-corrected chi connectivity index (χ3v) is 4.40. The van der Waals surface area contributed by atoms with Crippen LogP contribution in [0.5, 0.6) is 0 Å². The van der Waals surface area contributed by atoms with Crippen LogP contribution in [0, 0.1) is 0 Å². The maximum Gasteiger partial charge on any atom is 0.409 e. The maximum atomic E-state index is 12.3. The van der Waals surface area contributed by atoms with Crippen molar-refractivity contribution in [3.8, 4) is 0 Å². The summed E-state index contributed by atoms with van der Waals surface area (Å²) in [6.07, 6.45) is -0.281. The lowest BCUT2D eigenvalue weighted by atomic mass is 10.2. The molecular weight excluding hydrogens is 330 g/mol. The first kappa shape index (κ1) is 18.5. The van der Waals surface area contributed by atoms with Gasteiger partial charge in [-0.15, -0.1) is 0 Å². The van der Waals surface area contributed by atoms with E-state index >= 15 is 0 Å². The van der Waals surface area contributed by atoms with Gasteiger partial charge < -0.3 is 15.0 Å². The first-order chi connectivity index (χ1) is 11.5. The van der Waals surface area contributed by atoms with Gasteiger partial charge in [0, 0.05) is 37.7 Å². The smallest absolute Gasteiger partial charge is 0.409 e. The molecule has 1 fully saturated rings. The van der Waals surface area contributed by atoms with Gasteiger partial charge in [0.25, 0.3) is 0 Å². The third-order valence-electron chi connectivity index (χ3n) is 4.15. The molecule has 0 aromatic heterocycles. The number of nitrogens with zero attached hydrogens (tertiary/aromatic N) is 2. The van der Waals surface area contributed by atoms with Crippen LogP contribution < -0.4 is 5.32 Å². The Morgan fingerprint density at radius 2 is 1.83 bits per heavy atom. The molecule has 1 N–H and O–H groups in total. The zero-order valence-corrected chi connectivity index (χ0v) is 14.9. The lowest BCUT2D eigenvalue weighted by Crippen LogP contribution is -2.54. The first-order valence-corrected chi connectivity index (χ1v) is 8.57. The number of piperazine rings is 1. The highest BCUT2D eigenvalue weighted by Gasteiger charge is 2.27. The van der Waals surface area contributed by atoms with Crippen molar-refractivity contribution in [1.82, 2.24) is 15.1 Å². The number of benzene rings is 1. The quantitative estimate of drug-likeness (QED) is 0.880. The van der Waals surface area contributed by atoms with Crippen LogP contribution in [0.15, 0.2) is 24.3 Å². The Bertz CT molecular complexity index is 557. The van der Waals surface area contributed by atoms with Crippen molar-refractivity contribution in [2.75, 3.05) is 32.8 Å². The summed E-state index contributed by atoms with van der Waals surface area (Å²) in [4.78, 5) is 27.8. The number of carbonyl (C=O) groups excluding carboxylic acids is 2. The normalized spacial score (nSPS) is 16.5. The highest BCUT2D eigenvalue weighted by Crippen LogP contribution is 2.10. The van der Waals surface area contributed by atoms with Crippen molar-refractivity contribution in [1.29, 1.82) is 0 Å². The van der Waals surface area contributed by atoms with E-state index in [-0.39, 0.29) is 18.0 Å². The molecule has 1 aromatic rings. The van der Waals surface area contributed by atoms with Gasteiger partial charge >= 0.3 is 6.09 Å². The van der Waals surface area contributed by atoms with E-state index in [1.54, 1.807) is 24.0 Å². The number of amides is 2. The second kappa shape index (κ2) is 8.89. The van der Waals surface area contributed by atoms with Crippen molar-refractivity contribution in [3.05, 3.63) is 34.9 Å². The fraction of sp³-hybridized carbons (Fsp3) is 0.529. The Labute approximate surface area is 147 Å². The summed E-state index contributed by atoms with van der Waals surface area (Å²) in [7, 11) is 0. The van der Waals surface area contributed by atoms with Crippen LogP contribution in [-0.2, 0) is 16.1 Å². The second-order valence-corrected chi connectivity index (χ2v) is 6.18. The van der Waals surface area contributed by atoms with Crippen molar-refractivity contribution >= 4 is 23.6 Å². The molecule has 1 aliphatic heterocycles. The molecule has 1 unspecified atom stereocenters. The summed E-state index contributed by atoms with van der Waals surface area (Å²) in [5.41, 5.74) is 1.01. The summed E-state index contributed by atoms with van der Waals surface area (Å²) in [6, 6.07) is 7.17. The van der Waals surface area contributed by atoms with E-state index in [4.69, 9.17) is 16.3 Å². The van der Waals surface area contributed by atoms with Crippen molar-refractivity contribution in [2.24, 2.45) is 0 Å². The monoisotopic (exact) mass is 353 g/mol.